The maximum atomic E-state index is 6.24. The van der Waals surface area contributed by atoms with Gasteiger partial charge < -0.3 is 4.57 Å². The standard InChI is InChI=1S/C22H20ClN3S/c1-15(2)13-27-22-20-19(16-7-4-3-5-8-16)12-26(21(20)24-14-25-22)18-10-6-9-17(23)11-18/h3-12,14-15H,13H2,1-2H3. The molecule has 5 heteroatoms. The molecule has 4 rings (SSSR count). The molecule has 0 bridgehead atoms. The number of rotatable bonds is 5. The van der Waals surface area contributed by atoms with E-state index in [-0.39, 0.29) is 0 Å². The number of hydrogen-bond donors (Lipinski definition) is 0. The predicted octanol–water partition coefficient (Wildman–Crippen LogP) is 6.49. The van der Waals surface area contributed by atoms with Crippen molar-refractivity contribution in [2.24, 2.45) is 5.92 Å². The molecule has 0 saturated heterocycles. The Hall–Kier alpha value is -2.30. The molecule has 0 fully saturated rings. The van der Waals surface area contributed by atoms with Crippen molar-refractivity contribution in [2.75, 3.05) is 5.75 Å². The Balaban J connectivity index is 1.97. The quantitative estimate of drug-likeness (QED) is 0.287. The van der Waals surface area contributed by atoms with Crippen LogP contribution >= 0.6 is 23.4 Å². The van der Waals surface area contributed by atoms with Crippen LogP contribution in [0.5, 0.6) is 0 Å². The number of nitrogens with zero attached hydrogens (tertiary/aromatic N) is 3. The van der Waals surface area contributed by atoms with Crippen LogP contribution in [0.2, 0.25) is 5.02 Å². The highest BCUT2D eigenvalue weighted by Crippen LogP contribution is 2.37. The van der Waals surface area contributed by atoms with Crippen LogP contribution in [-0.4, -0.2) is 20.3 Å². The second kappa shape index (κ2) is 7.75. The van der Waals surface area contributed by atoms with Crippen LogP contribution in [0.4, 0.5) is 0 Å². The third-order valence-electron chi connectivity index (χ3n) is 4.27. The Morgan fingerprint density at radius 2 is 1.85 bits per heavy atom. The van der Waals surface area contributed by atoms with Crippen molar-refractivity contribution in [3.05, 3.63) is 72.1 Å². The van der Waals surface area contributed by atoms with Crippen LogP contribution in [0.3, 0.4) is 0 Å². The summed E-state index contributed by atoms with van der Waals surface area (Å²) in [5.41, 5.74) is 4.19. The molecular formula is C22H20ClN3S. The molecule has 2 aromatic carbocycles. The summed E-state index contributed by atoms with van der Waals surface area (Å²) in [4.78, 5) is 9.22. The number of aromatic nitrogens is 3. The molecule has 0 radical (unpaired) electrons. The van der Waals surface area contributed by atoms with E-state index in [1.807, 2.05) is 30.3 Å². The molecule has 0 spiro atoms. The molecule has 0 amide bonds. The minimum atomic E-state index is 0.593. The van der Waals surface area contributed by atoms with Crippen LogP contribution in [0.1, 0.15) is 13.8 Å². The number of hydrogen-bond acceptors (Lipinski definition) is 3. The molecule has 4 aromatic rings. The summed E-state index contributed by atoms with van der Waals surface area (Å²) in [5.74, 6) is 1.61. The summed E-state index contributed by atoms with van der Waals surface area (Å²) in [5, 5.41) is 2.82. The van der Waals surface area contributed by atoms with E-state index in [9.17, 15) is 0 Å². The lowest BCUT2D eigenvalue weighted by Crippen LogP contribution is -1.96. The predicted molar refractivity (Wildman–Crippen MR) is 115 cm³/mol. The van der Waals surface area contributed by atoms with Gasteiger partial charge in [0.2, 0.25) is 0 Å². The first kappa shape index (κ1) is 18.1. The van der Waals surface area contributed by atoms with Gasteiger partial charge >= 0.3 is 0 Å². The van der Waals surface area contributed by atoms with Gasteiger partial charge in [0.1, 0.15) is 17.0 Å². The van der Waals surface area contributed by atoms with Crippen molar-refractivity contribution >= 4 is 34.4 Å². The highest BCUT2D eigenvalue weighted by Gasteiger charge is 2.17. The van der Waals surface area contributed by atoms with Crippen molar-refractivity contribution < 1.29 is 0 Å². The Bertz CT molecular complexity index is 1070. The zero-order valence-electron chi connectivity index (χ0n) is 15.3. The normalized spacial score (nSPS) is 11.4. The van der Waals surface area contributed by atoms with Crippen LogP contribution < -0.4 is 0 Å². The molecule has 0 unspecified atom stereocenters. The SMILES string of the molecule is CC(C)CSc1ncnc2c1c(-c1ccccc1)cn2-c1cccc(Cl)c1. The molecule has 3 nitrogen and oxygen atoms in total. The third-order valence-corrected chi connectivity index (χ3v) is 5.92. The number of halogens is 1. The Labute approximate surface area is 168 Å². The summed E-state index contributed by atoms with van der Waals surface area (Å²) in [6.07, 6.45) is 3.79. The number of benzene rings is 2. The van der Waals surface area contributed by atoms with E-state index >= 15 is 0 Å². The molecule has 0 aliphatic heterocycles. The molecule has 2 heterocycles. The van der Waals surface area contributed by atoms with E-state index in [1.54, 1.807) is 18.1 Å². The Morgan fingerprint density at radius 3 is 2.59 bits per heavy atom. The largest absolute Gasteiger partial charge is 0.301 e. The summed E-state index contributed by atoms with van der Waals surface area (Å²) in [6, 6.07) is 18.2. The minimum absolute atomic E-state index is 0.593. The van der Waals surface area contributed by atoms with Crippen LogP contribution in [-0.2, 0) is 0 Å². The lowest BCUT2D eigenvalue weighted by molar-refractivity contribution is 0.749. The van der Waals surface area contributed by atoms with Gasteiger partial charge in [-0.1, -0.05) is 61.8 Å². The molecule has 0 aliphatic rings. The van der Waals surface area contributed by atoms with Crippen molar-refractivity contribution in [1.82, 2.24) is 14.5 Å². The average molecular weight is 394 g/mol. The van der Waals surface area contributed by atoms with E-state index in [4.69, 9.17) is 11.6 Å². The number of thioether (sulfide) groups is 1. The first-order valence-electron chi connectivity index (χ1n) is 8.93. The third kappa shape index (κ3) is 3.73. The molecule has 136 valence electrons. The van der Waals surface area contributed by atoms with Crippen molar-refractivity contribution in [2.45, 2.75) is 18.9 Å². The van der Waals surface area contributed by atoms with E-state index < -0.39 is 0 Å². The van der Waals surface area contributed by atoms with Gasteiger partial charge in [-0.15, -0.1) is 11.8 Å². The van der Waals surface area contributed by atoms with Crippen molar-refractivity contribution in [1.29, 1.82) is 0 Å². The maximum Gasteiger partial charge on any atom is 0.149 e. The summed E-state index contributed by atoms with van der Waals surface area (Å²) >= 11 is 8.02. The van der Waals surface area contributed by atoms with Gasteiger partial charge in [0, 0.05) is 28.2 Å². The molecule has 0 aliphatic carbocycles. The lowest BCUT2D eigenvalue weighted by atomic mass is 10.1. The van der Waals surface area contributed by atoms with Crippen LogP contribution in [0.15, 0.2) is 72.1 Å². The molecule has 0 saturated carbocycles. The van der Waals surface area contributed by atoms with Gasteiger partial charge in [-0.05, 0) is 29.7 Å². The van der Waals surface area contributed by atoms with Gasteiger partial charge in [0.25, 0.3) is 0 Å². The van der Waals surface area contributed by atoms with Crippen molar-refractivity contribution in [3.63, 3.8) is 0 Å². The van der Waals surface area contributed by atoms with Gasteiger partial charge in [-0.2, -0.15) is 0 Å². The van der Waals surface area contributed by atoms with Crippen molar-refractivity contribution in [3.8, 4) is 16.8 Å². The Morgan fingerprint density at radius 1 is 1.04 bits per heavy atom. The Kier molecular flexibility index (Phi) is 5.19. The first-order valence-corrected chi connectivity index (χ1v) is 10.3. The van der Waals surface area contributed by atoms with Crippen LogP contribution in [0, 0.1) is 5.92 Å². The summed E-state index contributed by atoms with van der Waals surface area (Å²) < 4.78 is 2.10. The van der Waals surface area contributed by atoms with Gasteiger partial charge in [0.05, 0.1) is 5.39 Å². The van der Waals surface area contributed by atoms with E-state index in [1.165, 1.54) is 0 Å². The first-order chi connectivity index (χ1) is 13.1. The van der Waals surface area contributed by atoms with Gasteiger partial charge in [0.15, 0.2) is 0 Å². The van der Waals surface area contributed by atoms with Gasteiger partial charge in [-0.25, -0.2) is 9.97 Å². The zero-order chi connectivity index (χ0) is 18.8. The maximum absolute atomic E-state index is 6.24. The molecule has 0 atom stereocenters. The average Bonchev–Trinajstić information content (AvgIpc) is 3.07. The molecule has 2 aromatic heterocycles. The monoisotopic (exact) mass is 393 g/mol. The topological polar surface area (TPSA) is 30.7 Å². The van der Waals surface area contributed by atoms with Gasteiger partial charge in [-0.3, -0.25) is 0 Å². The highest BCUT2D eigenvalue weighted by atomic mass is 35.5. The number of fused-ring (bicyclic) bond motifs is 1. The lowest BCUT2D eigenvalue weighted by Gasteiger charge is -2.07. The fourth-order valence-corrected chi connectivity index (χ4v) is 4.19. The van der Waals surface area contributed by atoms with E-state index in [0.29, 0.717) is 10.9 Å². The second-order valence-electron chi connectivity index (χ2n) is 6.84. The second-order valence-corrected chi connectivity index (χ2v) is 8.29. The molecule has 27 heavy (non-hydrogen) atoms. The van der Waals surface area contributed by atoms with E-state index in [0.717, 1.165) is 38.6 Å². The minimum Gasteiger partial charge on any atom is -0.301 e. The molecule has 0 N–H and O–H groups in total. The summed E-state index contributed by atoms with van der Waals surface area (Å²) in [6.45, 7) is 4.45. The smallest absolute Gasteiger partial charge is 0.149 e. The fourth-order valence-electron chi connectivity index (χ4n) is 3.05. The molecular weight excluding hydrogens is 374 g/mol. The highest BCUT2D eigenvalue weighted by molar-refractivity contribution is 7.99. The fraction of sp³-hybridized carbons (Fsp3) is 0.182. The summed E-state index contributed by atoms with van der Waals surface area (Å²) in [7, 11) is 0. The van der Waals surface area contributed by atoms with E-state index in [2.05, 4.69) is 58.8 Å². The zero-order valence-corrected chi connectivity index (χ0v) is 16.8. The van der Waals surface area contributed by atoms with Crippen LogP contribution in [0.25, 0.3) is 27.8 Å².